The highest BCUT2D eigenvalue weighted by Gasteiger charge is 2.20. The highest BCUT2D eigenvalue weighted by Crippen LogP contribution is 2.32. The van der Waals surface area contributed by atoms with Crippen molar-refractivity contribution in [3.05, 3.63) is 53.6 Å². The Kier molecular flexibility index (Phi) is 5.41. The lowest BCUT2D eigenvalue weighted by atomic mass is 10.1. The van der Waals surface area contributed by atoms with Crippen molar-refractivity contribution in [2.24, 2.45) is 0 Å². The first-order chi connectivity index (χ1) is 12.6. The number of hydrogen-bond donors (Lipinski definition) is 0. The van der Waals surface area contributed by atoms with Crippen molar-refractivity contribution in [1.82, 2.24) is 0 Å². The second-order valence-corrected chi connectivity index (χ2v) is 5.91. The SMILES string of the molecule is COc1ccc(C(=O)C(C)OC(=O)CCc2ccc3c(c2)OCO3)cc1. The minimum absolute atomic E-state index is 0.180. The molecule has 0 aliphatic carbocycles. The number of carbonyl (C=O) groups excluding carboxylic acids is 2. The van der Waals surface area contributed by atoms with E-state index >= 15 is 0 Å². The number of carbonyl (C=O) groups is 2. The van der Waals surface area contributed by atoms with Crippen LogP contribution < -0.4 is 14.2 Å². The fraction of sp³-hybridized carbons (Fsp3) is 0.300. The van der Waals surface area contributed by atoms with E-state index in [0.717, 1.165) is 5.56 Å². The van der Waals surface area contributed by atoms with Crippen molar-refractivity contribution in [3.8, 4) is 17.2 Å². The topological polar surface area (TPSA) is 71.1 Å². The highest BCUT2D eigenvalue weighted by molar-refractivity contribution is 6.00. The van der Waals surface area contributed by atoms with Crippen molar-refractivity contribution < 1.29 is 28.5 Å². The van der Waals surface area contributed by atoms with Crippen molar-refractivity contribution in [1.29, 1.82) is 0 Å². The maximum Gasteiger partial charge on any atom is 0.306 e. The molecule has 1 unspecified atom stereocenters. The van der Waals surface area contributed by atoms with Crippen molar-refractivity contribution in [2.75, 3.05) is 13.9 Å². The number of rotatable bonds is 7. The van der Waals surface area contributed by atoms with Crippen LogP contribution in [0.1, 0.15) is 29.3 Å². The van der Waals surface area contributed by atoms with Gasteiger partial charge in [-0.05, 0) is 55.3 Å². The molecule has 0 saturated carbocycles. The Morgan fingerprint density at radius 3 is 2.54 bits per heavy atom. The Balaban J connectivity index is 1.51. The number of hydrogen-bond acceptors (Lipinski definition) is 6. The number of benzene rings is 2. The van der Waals surface area contributed by atoms with Crippen LogP contribution in [0.3, 0.4) is 0 Å². The number of Topliss-reactive ketones (excluding diaryl/α,β-unsaturated/α-hetero) is 1. The Bertz CT molecular complexity index is 796. The first-order valence-electron chi connectivity index (χ1n) is 8.33. The van der Waals surface area contributed by atoms with Crippen molar-refractivity contribution in [2.45, 2.75) is 25.9 Å². The van der Waals surface area contributed by atoms with Gasteiger partial charge in [0.2, 0.25) is 12.6 Å². The van der Waals surface area contributed by atoms with Gasteiger partial charge in [-0.15, -0.1) is 0 Å². The van der Waals surface area contributed by atoms with Crippen LogP contribution >= 0.6 is 0 Å². The van der Waals surface area contributed by atoms with E-state index < -0.39 is 12.1 Å². The first kappa shape index (κ1) is 17.8. The molecule has 2 aromatic rings. The molecule has 0 N–H and O–H groups in total. The minimum atomic E-state index is -0.840. The summed E-state index contributed by atoms with van der Waals surface area (Å²) in [5.41, 5.74) is 1.42. The molecular weight excluding hydrogens is 336 g/mol. The summed E-state index contributed by atoms with van der Waals surface area (Å²) < 4.78 is 20.9. The fourth-order valence-corrected chi connectivity index (χ4v) is 2.64. The summed E-state index contributed by atoms with van der Waals surface area (Å²) >= 11 is 0. The van der Waals surface area contributed by atoms with Gasteiger partial charge in [0.25, 0.3) is 0 Å². The summed E-state index contributed by atoms with van der Waals surface area (Å²) in [6.07, 6.45) is -0.161. The maximum atomic E-state index is 12.3. The van der Waals surface area contributed by atoms with Crippen LogP contribution in [0.15, 0.2) is 42.5 Å². The largest absolute Gasteiger partial charge is 0.497 e. The Hall–Kier alpha value is -3.02. The van der Waals surface area contributed by atoms with Crippen LogP contribution in [-0.2, 0) is 16.0 Å². The molecule has 0 aromatic heterocycles. The highest BCUT2D eigenvalue weighted by atomic mass is 16.7. The summed E-state index contributed by atoms with van der Waals surface area (Å²) in [6, 6.07) is 12.2. The number of esters is 1. The summed E-state index contributed by atoms with van der Waals surface area (Å²) in [5.74, 6) is 1.38. The summed E-state index contributed by atoms with van der Waals surface area (Å²) in [7, 11) is 1.56. The molecule has 6 heteroatoms. The van der Waals surface area contributed by atoms with Crippen LogP contribution in [0.2, 0.25) is 0 Å². The van der Waals surface area contributed by atoms with Crippen LogP contribution in [0.5, 0.6) is 17.2 Å². The second-order valence-electron chi connectivity index (χ2n) is 5.91. The van der Waals surface area contributed by atoms with Gasteiger partial charge >= 0.3 is 5.97 Å². The summed E-state index contributed by atoms with van der Waals surface area (Å²) in [5, 5.41) is 0. The van der Waals surface area contributed by atoms with Gasteiger partial charge < -0.3 is 18.9 Å². The zero-order valence-corrected chi connectivity index (χ0v) is 14.7. The molecule has 26 heavy (non-hydrogen) atoms. The van der Waals surface area contributed by atoms with Gasteiger partial charge in [0, 0.05) is 12.0 Å². The van der Waals surface area contributed by atoms with Gasteiger partial charge in [-0.1, -0.05) is 6.07 Å². The third-order valence-electron chi connectivity index (χ3n) is 4.11. The van der Waals surface area contributed by atoms with Crippen molar-refractivity contribution in [3.63, 3.8) is 0 Å². The fourth-order valence-electron chi connectivity index (χ4n) is 2.64. The first-order valence-corrected chi connectivity index (χ1v) is 8.33. The zero-order chi connectivity index (χ0) is 18.5. The van der Waals surface area contributed by atoms with Gasteiger partial charge in [-0.3, -0.25) is 9.59 Å². The molecule has 0 bridgehead atoms. The van der Waals surface area contributed by atoms with Crippen LogP contribution in [0.4, 0.5) is 0 Å². The molecule has 1 heterocycles. The summed E-state index contributed by atoms with van der Waals surface area (Å²) in [4.78, 5) is 24.4. The molecule has 0 spiro atoms. The van der Waals surface area contributed by atoms with E-state index in [-0.39, 0.29) is 19.0 Å². The number of methoxy groups -OCH3 is 1. The smallest absolute Gasteiger partial charge is 0.306 e. The van der Waals surface area contributed by atoms with Gasteiger partial charge in [-0.25, -0.2) is 0 Å². The predicted octanol–water partition coefficient (Wildman–Crippen LogP) is 3.17. The number of fused-ring (bicyclic) bond motifs is 1. The summed E-state index contributed by atoms with van der Waals surface area (Å²) in [6.45, 7) is 1.79. The number of aryl methyl sites for hydroxylation is 1. The van der Waals surface area contributed by atoms with E-state index in [2.05, 4.69) is 0 Å². The molecule has 6 nitrogen and oxygen atoms in total. The third kappa shape index (κ3) is 4.14. The molecule has 1 aliphatic rings. The van der Waals surface area contributed by atoms with Gasteiger partial charge in [0.05, 0.1) is 7.11 Å². The molecule has 0 saturated heterocycles. The molecule has 3 rings (SSSR count). The molecule has 0 fully saturated rings. The number of ketones is 1. The molecule has 0 radical (unpaired) electrons. The Labute approximate surface area is 151 Å². The van der Waals surface area contributed by atoms with Gasteiger partial charge in [-0.2, -0.15) is 0 Å². The third-order valence-corrected chi connectivity index (χ3v) is 4.11. The Morgan fingerprint density at radius 1 is 1.08 bits per heavy atom. The monoisotopic (exact) mass is 356 g/mol. The Morgan fingerprint density at radius 2 is 1.81 bits per heavy atom. The van der Waals surface area contributed by atoms with E-state index in [0.29, 0.717) is 29.2 Å². The quantitative estimate of drug-likeness (QED) is 0.561. The van der Waals surface area contributed by atoms with E-state index in [1.807, 2.05) is 18.2 Å². The van der Waals surface area contributed by atoms with Gasteiger partial charge in [0.15, 0.2) is 17.6 Å². The molecule has 1 atom stereocenters. The predicted molar refractivity (Wildman–Crippen MR) is 93.8 cm³/mol. The average molecular weight is 356 g/mol. The maximum absolute atomic E-state index is 12.3. The lowest BCUT2D eigenvalue weighted by Gasteiger charge is -2.13. The van der Waals surface area contributed by atoms with Gasteiger partial charge in [0.1, 0.15) is 5.75 Å². The average Bonchev–Trinajstić information content (AvgIpc) is 3.13. The minimum Gasteiger partial charge on any atom is -0.497 e. The van der Waals surface area contributed by atoms with E-state index in [1.54, 1.807) is 38.3 Å². The normalized spacial score (nSPS) is 13.2. The van der Waals surface area contributed by atoms with E-state index in [1.165, 1.54) is 0 Å². The van der Waals surface area contributed by atoms with Crippen LogP contribution in [-0.4, -0.2) is 31.8 Å². The second kappa shape index (κ2) is 7.91. The zero-order valence-electron chi connectivity index (χ0n) is 14.7. The standard InChI is InChI=1S/C20H20O6/c1-13(20(22)15-5-7-16(23-2)8-6-15)26-19(21)10-4-14-3-9-17-18(11-14)25-12-24-17/h3,5-9,11,13H,4,10,12H2,1-2H3. The molecular formula is C20H20O6. The molecule has 0 amide bonds. The van der Waals surface area contributed by atoms with Crippen molar-refractivity contribution >= 4 is 11.8 Å². The van der Waals surface area contributed by atoms with Crippen LogP contribution in [0, 0.1) is 0 Å². The van der Waals surface area contributed by atoms with E-state index in [9.17, 15) is 9.59 Å². The number of ether oxygens (including phenoxy) is 4. The van der Waals surface area contributed by atoms with E-state index in [4.69, 9.17) is 18.9 Å². The molecule has 136 valence electrons. The lowest BCUT2D eigenvalue weighted by Crippen LogP contribution is -2.24. The lowest BCUT2D eigenvalue weighted by molar-refractivity contribution is -0.146. The molecule has 2 aromatic carbocycles. The molecule has 1 aliphatic heterocycles. The van der Waals surface area contributed by atoms with Crippen LogP contribution in [0.25, 0.3) is 0 Å².